The molecule has 0 aliphatic heterocycles. The van der Waals surface area contributed by atoms with Crippen molar-refractivity contribution < 1.29 is 4.74 Å². The molecule has 1 unspecified atom stereocenters. The van der Waals surface area contributed by atoms with Crippen LogP contribution in [0, 0.1) is 0 Å². The molecule has 0 aliphatic carbocycles. The van der Waals surface area contributed by atoms with Gasteiger partial charge in [0.2, 0.25) is 0 Å². The minimum absolute atomic E-state index is 0.129. The van der Waals surface area contributed by atoms with Crippen LogP contribution < -0.4 is 11.3 Å². The van der Waals surface area contributed by atoms with E-state index in [0.717, 1.165) is 15.7 Å². The van der Waals surface area contributed by atoms with Crippen molar-refractivity contribution in [3.8, 4) is 0 Å². The third-order valence-electron chi connectivity index (χ3n) is 3.25. The van der Waals surface area contributed by atoms with Gasteiger partial charge in [-0.3, -0.25) is 16.0 Å². The molecule has 0 spiro atoms. The topological polar surface area (TPSA) is 65.1 Å². The van der Waals surface area contributed by atoms with Gasteiger partial charge < -0.3 is 4.74 Å². The number of halogens is 2. The van der Waals surface area contributed by atoms with Gasteiger partial charge in [0.25, 0.3) is 0 Å². The second-order valence-electron chi connectivity index (χ2n) is 4.61. The van der Waals surface area contributed by atoms with Crippen molar-refractivity contribution in [3.63, 3.8) is 0 Å². The summed E-state index contributed by atoms with van der Waals surface area (Å²) in [7, 11) is 1.66. The maximum Gasteiger partial charge on any atom is 0.0834 e. The fraction of sp³-hybridized carbons (Fsp3) is 0.357. The summed E-state index contributed by atoms with van der Waals surface area (Å²) < 4.78 is 7.97. The third-order valence-corrected chi connectivity index (χ3v) is 4.32. The largest absolute Gasteiger partial charge is 0.383 e. The average Bonchev–Trinajstić information content (AvgIpc) is 2.85. The molecule has 0 fully saturated rings. The summed E-state index contributed by atoms with van der Waals surface area (Å²) >= 11 is 9.82. The van der Waals surface area contributed by atoms with Crippen LogP contribution in [0.5, 0.6) is 0 Å². The molecule has 21 heavy (non-hydrogen) atoms. The first-order valence-corrected chi connectivity index (χ1v) is 7.74. The van der Waals surface area contributed by atoms with Crippen LogP contribution in [-0.2, 0) is 17.7 Å². The van der Waals surface area contributed by atoms with Crippen molar-refractivity contribution in [3.05, 3.63) is 51.2 Å². The van der Waals surface area contributed by atoms with Gasteiger partial charge in [-0.15, -0.1) is 0 Å². The first kappa shape index (κ1) is 16.5. The number of nitrogens with zero attached hydrogens (tertiary/aromatic N) is 2. The summed E-state index contributed by atoms with van der Waals surface area (Å²) in [5, 5.41) is 4.88. The summed E-state index contributed by atoms with van der Waals surface area (Å²) in [6, 6.07) is 7.91. The SMILES string of the molecule is COCCn1ncc(Cl)c1C(Cc1ccccc1Br)NN. The van der Waals surface area contributed by atoms with Crippen LogP contribution >= 0.6 is 27.5 Å². The number of rotatable bonds is 7. The summed E-state index contributed by atoms with van der Waals surface area (Å²) in [4.78, 5) is 0. The van der Waals surface area contributed by atoms with Gasteiger partial charge in [0.1, 0.15) is 0 Å². The lowest BCUT2D eigenvalue weighted by molar-refractivity contribution is 0.181. The molecule has 7 heteroatoms. The lowest BCUT2D eigenvalue weighted by atomic mass is 10.0. The first-order chi connectivity index (χ1) is 10.2. The summed E-state index contributed by atoms with van der Waals surface area (Å²) in [5.41, 5.74) is 4.85. The van der Waals surface area contributed by atoms with Crippen LogP contribution in [0.25, 0.3) is 0 Å². The molecule has 0 amide bonds. The molecule has 0 aliphatic rings. The monoisotopic (exact) mass is 372 g/mol. The molecule has 2 rings (SSSR count). The average molecular weight is 374 g/mol. The zero-order chi connectivity index (χ0) is 15.2. The Morgan fingerprint density at radius 2 is 2.24 bits per heavy atom. The number of hydrazine groups is 1. The standard InChI is InChI=1S/C14H18BrClN4O/c1-21-7-6-20-14(12(16)9-18-20)13(19-17)8-10-4-2-3-5-11(10)15/h2-5,9,13,19H,6-8,17H2,1H3. The van der Waals surface area contributed by atoms with Gasteiger partial charge in [-0.05, 0) is 18.1 Å². The quantitative estimate of drug-likeness (QED) is 0.578. The van der Waals surface area contributed by atoms with Gasteiger partial charge in [-0.1, -0.05) is 45.7 Å². The van der Waals surface area contributed by atoms with Crippen molar-refractivity contribution in [1.29, 1.82) is 0 Å². The highest BCUT2D eigenvalue weighted by molar-refractivity contribution is 9.10. The van der Waals surface area contributed by atoms with E-state index < -0.39 is 0 Å². The summed E-state index contributed by atoms with van der Waals surface area (Å²) in [6.45, 7) is 1.20. The fourth-order valence-electron chi connectivity index (χ4n) is 2.19. The maximum atomic E-state index is 6.27. The summed E-state index contributed by atoms with van der Waals surface area (Å²) in [6.07, 6.45) is 2.34. The second kappa shape index (κ2) is 7.91. The van der Waals surface area contributed by atoms with E-state index in [-0.39, 0.29) is 6.04 Å². The third kappa shape index (κ3) is 4.05. The number of nitrogens with two attached hydrogens (primary N) is 1. The molecule has 0 bridgehead atoms. The van der Waals surface area contributed by atoms with Crippen LogP contribution in [0.15, 0.2) is 34.9 Å². The van der Waals surface area contributed by atoms with E-state index in [1.54, 1.807) is 13.3 Å². The smallest absolute Gasteiger partial charge is 0.0834 e. The number of hydrogen-bond acceptors (Lipinski definition) is 4. The van der Waals surface area contributed by atoms with Gasteiger partial charge >= 0.3 is 0 Å². The number of nitrogens with one attached hydrogen (secondary N) is 1. The highest BCUT2D eigenvalue weighted by atomic mass is 79.9. The Bertz CT molecular complexity index is 590. The van der Waals surface area contributed by atoms with E-state index >= 15 is 0 Å². The Kier molecular flexibility index (Phi) is 6.20. The molecular weight excluding hydrogens is 356 g/mol. The predicted molar refractivity (Wildman–Crippen MR) is 87.0 cm³/mol. The molecule has 0 saturated carbocycles. The van der Waals surface area contributed by atoms with E-state index in [0.29, 0.717) is 24.6 Å². The molecule has 0 radical (unpaired) electrons. The zero-order valence-electron chi connectivity index (χ0n) is 11.7. The Balaban J connectivity index is 2.25. The normalized spacial score (nSPS) is 12.6. The van der Waals surface area contributed by atoms with Crippen LogP contribution in [0.4, 0.5) is 0 Å². The van der Waals surface area contributed by atoms with Crippen molar-refractivity contribution in [2.45, 2.75) is 19.0 Å². The van der Waals surface area contributed by atoms with Crippen molar-refractivity contribution >= 4 is 27.5 Å². The first-order valence-electron chi connectivity index (χ1n) is 6.57. The van der Waals surface area contributed by atoms with Crippen LogP contribution in [0.1, 0.15) is 17.3 Å². The minimum Gasteiger partial charge on any atom is -0.383 e. The minimum atomic E-state index is -0.129. The van der Waals surface area contributed by atoms with Crippen LogP contribution in [0.2, 0.25) is 5.02 Å². The second-order valence-corrected chi connectivity index (χ2v) is 5.87. The Morgan fingerprint density at radius 1 is 1.48 bits per heavy atom. The van der Waals surface area contributed by atoms with Gasteiger partial charge in [0.05, 0.1) is 36.1 Å². The number of aromatic nitrogens is 2. The van der Waals surface area contributed by atoms with Gasteiger partial charge in [-0.2, -0.15) is 5.10 Å². The highest BCUT2D eigenvalue weighted by Gasteiger charge is 2.20. The number of hydrogen-bond donors (Lipinski definition) is 2. The highest BCUT2D eigenvalue weighted by Crippen LogP contribution is 2.27. The zero-order valence-corrected chi connectivity index (χ0v) is 14.1. The van der Waals surface area contributed by atoms with E-state index in [4.69, 9.17) is 22.2 Å². The van der Waals surface area contributed by atoms with Crippen molar-refractivity contribution in [1.82, 2.24) is 15.2 Å². The Morgan fingerprint density at radius 3 is 2.90 bits per heavy atom. The predicted octanol–water partition coefficient (Wildman–Crippen LogP) is 2.69. The Labute approximate surface area is 137 Å². The molecule has 1 aromatic carbocycles. The Hall–Kier alpha value is -0.920. The number of benzene rings is 1. The number of methoxy groups -OCH3 is 1. The van der Waals surface area contributed by atoms with E-state index in [1.807, 2.05) is 22.9 Å². The van der Waals surface area contributed by atoms with Crippen LogP contribution in [-0.4, -0.2) is 23.5 Å². The van der Waals surface area contributed by atoms with Gasteiger partial charge in [0.15, 0.2) is 0 Å². The van der Waals surface area contributed by atoms with E-state index in [2.05, 4.69) is 32.5 Å². The molecule has 1 atom stereocenters. The van der Waals surface area contributed by atoms with E-state index in [1.165, 1.54) is 0 Å². The fourth-order valence-corrected chi connectivity index (χ4v) is 2.91. The molecule has 2 aromatic rings. The van der Waals surface area contributed by atoms with Gasteiger partial charge in [0, 0.05) is 11.6 Å². The van der Waals surface area contributed by atoms with Crippen LogP contribution in [0.3, 0.4) is 0 Å². The summed E-state index contributed by atoms with van der Waals surface area (Å²) in [5.74, 6) is 5.73. The molecule has 3 N–H and O–H groups in total. The van der Waals surface area contributed by atoms with E-state index in [9.17, 15) is 0 Å². The molecule has 5 nitrogen and oxygen atoms in total. The van der Waals surface area contributed by atoms with Crippen molar-refractivity contribution in [2.75, 3.05) is 13.7 Å². The molecule has 1 heterocycles. The van der Waals surface area contributed by atoms with Crippen molar-refractivity contribution in [2.24, 2.45) is 5.84 Å². The molecule has 1 aromatic heterocycles. The number of ether oxygens (including phenoxy) is 1. The molecule has 0 saturated heterocycles. The maximum absolute atomic E-state index is 6.27. The van der Waals surface area contributed by atoms with Gasteiger partial charge in [-0.25, -0.2) is 0 Å². The lowest BCUT2D eigenvalue weighted by Gasteiger charge is -2.19. The molecule has 114 valence electrons. The lowest BCUT2D eigenvalue weighted by Crippen LogP contribution is -2.32. The molecular formula is C14H18BrClN4O.